The highest BCUT2D eigenvalue weighted by Crippen LogP contribution is 2.36. The SMILES string of the molecule is c1ccc2c(c1)OCC(CNC1CCC3(CC1)OCCO3)O2. The van der Waals surface area contributed by atoms with Gasteiger partial charge in [0.05, 0.1) is 13.2 Å². The van der Waals surface area contributed by atoms with Crippen molar-refractivity contribution in [3.05, 3.63) is 24.3 Å². The van der Waals surface area contributed by atoms with Crippen molar-refractivity contribution in [1.82, 2.24) is 5.32 Å². The summed E-state index contributed by atoms with van der Waals surface area (Å²) in [7, 11) is 0. The monoisotopic (exact) mass is 305 g/mol. The molecule has 1 N–H and O–H groups in total. The van der Waals surface area contributed by atoms with Crippen LogP contribution in [-0.2, 0) is 9.47 Å². The first-order chi connectivity index (χ1) is 10.8. The maximum Gasteiger partial charge on any atom is 0.168 e. The van der Waals surface area contributed by atoms with Crippen molar-refractivity contribution in [2.75, 3.05) is 26.4 Å². The summed E-state index contributed by atoms with van der Waals surface area (Å²) in [6.45, 7) is 2.90. The van der Waals surface area contributed by atoms with E-state index in [1.807, 2.05) is 24.3 Å². The molecule has 1 spiro atoms. The predicted molar refractivity (Wildman–Crippen MR) is 81.2 cm³/mol. The van der Waals surface area contributed by atoms with Crippen molar-refractivity contribution < 1.29 is 18.9 Å². The molecule has 1 aromatic rings. The molecule has 5 nitrogen and oxygen atoms in total. The molecule has 2 aliphatic heterocycles. The third kappa shape index (κ3) is 2.93. The lowest BCUT2D eigenvalue weighted by Gasteiger charge is -2.36. The number of ether oxygens (including phenoxy) is 4. The van der Waals surface area contributed by atoms with E-state index >= 15 is 0 Å². The Bertz CT molecular complexity index is 505. The molecule has 0 radical (unpaired) electrons. The maximum absolute atomic E-state index is 5.98. The van der Waals surface area contributed by atoms with E-state index in [2.05, 4.69) is 5.32 Å². The van der Waals surface area contributed by atoms with Crippen LogP contribution in [-0.4, -0.2) is 44.3 Å². The number of hydrogen-bond donors (Lipinski definition) is 1. The van der Waals surface area contributed by atoms with Gasteiger partial charge < -0.3 is 24.3 Å². The quantitative estimate of drug-likeness (QED) is 0.927. The molecule has 0 aromatic heterocycles. The molecule has 0 bridgehead atoms. The van der Waals surface area contributed by atoms with Crippen LogP contribution in [0.5, 0.6) is 11.5 Å². The van der Waals surface area contributed by atoms with Crippen molar-refractivity contribution in [2.45, 2.75) is 43.6 Å². The van der Waals surface area contributed by atoms with Crippen LogP contribution in [0.2, 0.25) is 0 Å². The number of fused-ring (bicyclic) bond motifs is 1. The normalized spacial score (nSPS) is 27.2. The summed E-state index contributed by atoms with van der Waals surface area (Å²) in [5.41, 5.74) is 0. The van der Waals surface area contributed by atoms with Crippen molar-refractivity contribution in [2.24, 2.45) is 0 Å². The van der Waals surface area contributed by atoms with E-state index in [-0.39, 0.29) is 11.9 Å². The number of benzene rings is 1. The highest BCUT2D eigenvalue weighted by atomic mass is 16.7. The molecule has 1 unspecified atom stereocenters. The van der Waals surface area contributed by atoms with E-state index in [4.69, 9.17) is 18.9 Å². The zero-order valence-corrected chi connectivity index (χ0v) is 12.8. The summed E-state index contributed by atoms with van der Waals surface area (Å²) in [5.74, 6) is 1.41. The Morgan fingerprint density at radius 3 is 2.55 bits per heavy atom. The molecule has 3 aliphatic rings. The zero-order valence-electron chi connectivity index (χ0n) is 12.8. The fourth-order valence-corrected chi connectivity index (χ4v) is 3.51. The summed E-state index contributed by atoms with van der Waals surface area (Å²) in [4.78, 5) is 0. The lowest BCUT2D eigenvalue weighted by molar-refractivity contribution is -0.179. The van der Waals surface area contributed by atoms with Gasteiger partial charge in [0.15, 0.2) is 17.3 Å². The highest BCUT2D eigenvalue weighted by molar-refractivity contribution is 5.40. The lowest BCUT2D eigenvalue weighted by Crippen LogP contribution is -2.46. The van der Waals surface area contributed by atoms with Crippen molar-refractivity contribution in [3.63, 3.8) is 0 Å². The smallest absolute Gasteiger partial charge is 0.168 e. The molecule has 1 atom stereocenters. The molecule has 5 heteroatoms. The van der Waals surface area contributed by atoms with E-state index in [0.717, 1.165) is 56.9 Å². The first-order valence-electron chi connectivity index (χ1n) is 8.23. The number of nitrogens with one attached hydrogen (secondary N) is 1. The minimum Gasteiger partial charge on any atom is -0.486 e. The predicted octanol–water partition coefficient (Wildman–Crippen LogP) is 2.10. The number of para-hydroxylation sites is 2. The summed E-state index contributed by atoms with van der Waals surface area (Å²) >= 11 is 0. The van der Waals surface area contributed by atoms with Crippen LogP contribution >= 0.6 is 0 Å². The molecule has 0 amide bonds. The summed E-state index contributed by atoms with van der Waals surface area (Å²) in [6, 6.07) is 8.35. The fraction of sp³-hybridized carbons (Fsp3) is 0.647. The summed E-state index contributed by atoms with van der Waals surface area (Å²) in [5, 5.41) is 3.61. The average molecular weight is 305 g/mol. The van der Waals surface area contributed by atoms with E-state index < -0.39 is 0 Å². The van der Waals surface area contributed by atoms with Gasteiger partial charge in [0.2, 0.25) is 0 Å². The van der Waals surface area contributed by atoms with Crippen LogP contribution in [0.4, 0.5) is 0 Å². The third-order valence-electron chi connectivity index (χ3n) is 4.76. The van der Waals surface area contributed by atoms with Gasteiger partial charge >= 0.3 is 0 Å². The largest absolute Gasteiger partial charge is 0.486 e. The van der Waals surface area contributed by atoms with Crippen molar-refractivity contribution in [3.8, 4) is 11.5 Å². The zero-order chi connectivity index (χ0) is 14.8. The second kappa shape index (κ2) is 6.07. The first kappa shape index (κ1) is 14.3. The Balaban J connectivity index is 1.24. The minimum absolute atomic E-state index is 0.0739. The van der Waals surface area contributed by atoms with Crippen LogP contribution in [0.1, 0.15) is 25.7 Å². The molecule has 1 saturated carbocycles. The van der Waals surface area contributed by atoms with Gasteiger partial charge in [0.25, 0.3) is 0 Å². The van der Waals surface area contributed by atoms with Crippen LogP contribution in [0.25, 0.3) is 0 Å². The number of hydrogen-bond acceptors (Lipinski definition) is 5. The topological polar surface area (TPSA) is 49.0 Å². The molecule has 22 heavy (non-hydrogen) atoms. The lowest BCUT2D eigenvalue weighted by atomic mass is 9.90. The standard InChI is InChI=1S/C17H23NO4/c1-2-4-16-15(3-1)19-12-14(22-16)11-18-13-5-7-17(8-6-13)20-9-10-21-17/h1-4,13-14,18H,5-12H2. The van der Waals surface area contributed by atoms with Crippen LogP contribution in [0, 0.1) is 0 Å². The number of rotatable bonds is 3. The Hall–Kier alpha value is -1.30. The van der Waals surface area contributed by atoms with Gasteiger partial charge in [-0.05, 0) is 25.0 Å². The molecule has 1 aromatic carbocycles. The average Bonchev–Trinajstić information content (AvgIpc) is 3.02. The molecule has 2 fully saturated rings. The first-order valence-corrected chi connectivity index (χ1v) is 8.23. The minimum atomic E-state index is -0.276. The third-order valence-corrected chi connectivity index (χ3v) is 4.76. The van der Waals surface area contributed by atoms with E-state index in [0.29, 0.717) is 12.6 Å². The van der Waals surface area contributed by atoms with Gasteiger partial charge in [0, 0.05) is 25.4 Å². The maximum atomic E-state index is 5.98. The van der Waals surface area contributed by atoms with E-state index in [1.54, 1.807) is 0 Å². The molecule has 120 valence electrons. The van der Waals surface area contributed by atoms with Crippen molar-refractivity contribution in [1.29, 1.82) is 0 Å². The van der Waals surface area contributed by atoms with E-state index in [1.165, 1.54) is 0 Å². The fourth-order valence-electron chi connectivity index (χ4n) is 3.51. The van der Waals surface area contributed by atoms with Crippen LogP contribution < -0.4 is 14.8 Å². The van der Waals surface area contributed by atoms with Gasteiger partial charge in [-0.1, -0.05) is 12.1 Å². The highest BCUT2D eigenvalue weighted by Gasteiger charge is 2.40. The van der Waals surface area contributed by atoms with Crippen LogP contribution in [0.15, 0.2) is 24.3 Å². The second-order valence-corrected chi connectivity index (χ2v) is 6.29. The van der Waals surface area contributed by atoms with Gasteiger partial charge in [-0.15, -0.1) is 0 Å². The summed E-state index contributed by atoms with van der Waals surface area (Å²) < 4.78 is 23.3. The second-order valence-electron chi connectivity index (χ2n) is 6.29. The summed E-state index contributed by atoms with van der Waals surface area (Å²) in [6.07, 6.45) is 4.21. The Labute approximate surface area is 130 Å². The van der Waals surface area contributed by atoms with Crippen LogP contribution in [0.3, 0.4) is 0 Å². The molecule has 2 heterocycles. The Kier molecular flexibility index (Phi) is 3.94. The Morgan fingerprint density at radius 1 is 1.05 bits per heavy atom. The van der Waals surface area contributed by atoms with Gasteiger partial charge in [-0.3, -0.25) is 0 Å². The molecule has 4 rings (SSSR count). The molecule has 1 aliphatic carbocycles. The Morgan fingerprint density at radius 2 is 1.77 bits per heavy atom. The van der Waals surface area contributed by atoms with E-state index in [9.17, 15) is 0 Å². The van der Waals surface area contributed by atoms with Gasteiger partial charge in [-0.2, -0.15) is 0 Å². The van der Waals surface area contributed by atoms with Crippen molar-refractivity contribution >= 4 is 0 Å². The molecular weight excluding hydrogens is 282 g/mol. The van der Waals surface area contributed by atoms with Gasteiger partial charge in [0.1, 0.15) is 12.7 Å². The molecular formula is C17H23NO4. The molecule has 1 saturated heterocycles. The van der Waals surface area contributed by atoms with Gasteiger partial charge in [-0.25, -0.2) is 0 Å².